The van der Waals surface area contributed by atoms with Crippen LogP contribution >= 0.6 is 11.3 Å². The minimum Gasteiger partial charge on any atom is -0.358 e. The van der Waals surface area contributed by atoms with E-state index in [2.05, 4.69) is 15.4 Å². The number of carbonyl (C=O) groups excluding carboxylic acids is 1. The number of aromatic nitrogens is 3. The van der Waals surface area contributed by atoms with E-state index in [1.54, 1.807) is 0 Å². The van der Waals surface area contributed by atoms with Gasteiger partial charge < -0.3 is 15.4 Å². The summed E-state index contributed by atoms with van der Waals surface area (Å²) in [5.74, 6) is -1.13. The zero-order chi connectivity index (χ0) is 15.6. The molecular weight excluding hydrogens is 315 g/mol. The van der Waals surface area contributed by atoms with Crippen LogP contribution in [0.15, 0.2) is 17.6 Å². The summed E-state index contributed by atoms with van der Waals surface area (Å²) in [6.45, 7) is -0.380. The molecule has 0 bridgehead atoms. The molecule has 1 amide bonds. The van der Waals surface area contributed by atoms with E-state index in [0.29, 0.717) is 11.3 Å². The number of hydrogen-bond acceptors (Lipinski definition) is 6. The molecule has 0 unspecified atom stereocenters. The highest BCUT2D eigenvalue weighted by molar-refractivity contribution is 7.13. The van der Waals surface area contributed by atoms with Crippen LogP contribution < -0.4 is 5.32 Å². The molecule has 0 saturated carbocycles. The molecule has 0 saturated heterocycles. The highest BCUT2D eigenvalue weighted by Crippen LogP contribution is 2.31. The Kier molecular flexibility index (Phi) is 3.88. The number of thiazole rings is 1. The fourth-order valence-electron chi connectivity index (χ4n) is 1.30. The largest absolute Gasteiger partial charge is 0.434 e. The predicted molar refractivity (Wildman–Crippen MR) is 64.6 cm³/mol. The summed E-state index contributed by atoms with van der Waals surface area (Å²) in [6.07, 6.45) is -3.37. The maximum Gasteiger partial charge on any atom is 0.434 e. The van der Waals surface area contributed by atoms with Gasteiger partial charge in [-0.1, -0.05) is 0 Å². The van der Waals surface area contributed by atoms with Gasteiger partial charge in [-0.3, -0.25) is 4.79 Å². The van der Waals surface area contributed by atoms with Crippen LogP contribution in [0.2, 0.25) is 0 Å². The Morgan fingerprint density at radius 2 is 2.24 bits per heavy atom. The fraction of sp³-hybridized carbons (Fsp3) is 0.222. The zero-order valence-corrected chi connectivity index (χ0v) is 10.8. The number of nitrogens with zero attached hydrogens (tertiary/aromatic N) is 4. The second kappa shape index (κ2) is 5.47. The normalized spacial score (nSPS) is 11.4. The number of hydrogen-bond donors (Lipinski definition) is 1. The van der Waals surface area contributed by atoms with E-state index in [1.165, 1.54) is 6.20 Å². The van der Waals surface area contributed by atoms with E-state index in [0.717, 1.165) is 16.1 Å². The molecule has 12 heteroatoms. The van der Waals surface area contributed by atoms with Gasteiger partial charge in [-0.25, -0.2) is 4.98 Å². The molecule has 0 fully saturated rings. The van der Waals surface area contributed by atoms with Crippen molar-refractivity contribution in [1.29, 1.82) is 0 Å². The summed E-state index contributed by atoms with van der Waals surface area (Å²) in [7, 11) is 0. The van der Waals surface area contributed by atoms with Crippen molar-refractivity contribution in [1.82, 2.24) is 14.8 Å². The zero-order valence-electron chi connectivity index (χ0n) is 9.99. The van der Waals surface area contributed by atoms with Crippen molar-refractivity contribution >= 4 is 28.2 Å². The van der Waals surface area contributed by atoms with Gasteiger partial charge in [0.1, 0.15) is 6.54 Å². The highest BCUT2D eigenvalue weighted by Gasteiger charge is 2.33. The fourth-order valence-corrected chi connectivity index (χ4v) is 2.04. The standard InChI is InChI=1S/C9H6F3N5O3S/c10-9(11,12)5-4-21-8(13-5)14-7(18)3-16-2-1-6(15-16)17(19)20/h1-2,4H,3H2,(H,13,14,18). The molecule has 21 heavy (non-hydrogen) atoms. The first kappa shape index (κ1) is 14.9. The summed E-state index contributed by atoms with van der Waals surface area (Å²) in [5, 5.41) is 16.6. The number of alkyl halides is 3. The first-order valence-electron chi connectivity index (χ1n) is 5.26. The van der Waals surface area contributed by atoms with Crippen molar-refractivity contribution in [2.24, 2.45) is 0 Å². The van der Waals surface area contributed by atoms with Crippen molar-refractivity contribution in [3.8, 4) is 0 Å². The molecule has 1 N–H and O–H groups in total. The van der Waals surface area contributed by atoms with Gasteiger partial charge in [0.25, 0.3) is 0 Å². The van der Waals surface area contributed by atoms with Crippen LogP contribution in [-0.4, -0.2) is 25.6 Å². The van der Waals surface area contributed by atoms with Crippen molar-refractivity contribution in [2.75, 3.05) is 5.32 Å². The summed E-state index contributed by atoms with van der Waals surface area (Å²) >= 11 is 0.624. The Morgan fingerprint density at radius 3 is 2.76 bits per heavy atom. The Bertz CT molecular complexity index is 680. The van der Waals surface area contributed by atoms with Crippen molar-refractivity contribution in [3.63, 3.8) is 0 Å². The second-order valence-corrected chi connectivity index (χ2v) is 4.57. The molecule has 2 heterocycles. The Hall–Kier alpha value is -2.50. The van der Waals surface area contributed by atoms with E-state index in [4.69, 9.17) is 0 Å². The molecule has 0 spiro atoms. The van der Waals surface area contributed by atoms with Crippen molar-refractivity contribution < 1.29 is 22.9 Å². The minimum absolute atomic E-state index is 0.214. The lowest BCUT2D eigenvalue weighted by atomic mass is 10.5. The number of nitro groups is 1. The molecule has 0 aliphatic heterocycles. The molecule has 2 aromatic rings. The van der Waals surface area contributed by atoms with E-state index >= 15 is 0 Å². The van der Waals surface area contributed by atoms with Gasteiger partial charge in [-0.05, 0) is 4.92 Å². The summed E-state index contributed by atoms with van der Waals surface area (Å²) in [6, 6.07) is 1.10. The van der Waals surface area contributed by atoms with Crippen LogP contribution in [0.1, 0.15) is 5.69 Å². The lowest BCUT2D eigenvalue weighted by Gasteiger charge is -2.01. The van der Waals surface area contributed by atoms with Gasteiger partial charge in [-0.15, -0.1) is 11.3 Å². The number of amides is 1. The Labute approximate surface area is 118 Å². The molecule has 0 aromatic carbocycles. The predicted octanol–water partition coefficient (Wildman–Crippen LogP) is 1.91. The van der Waals surface area contributed by atoms with Crippen LogP contribution in [0.25, 0.3) is 0 Å². The second-order valence-electron chi connectivity index (χ2n) is 3.71. The summed E-state index contributed by atoms with van der Waals surface area (Å²) in [5.41, 5.74) is -1.10. The van der Waals surface area contributed by atoms with Gasteiger partial charge in [0.05, 0.1) is 17.4 Å². The third-order valence-corrected chi connectivity index (χ3v) is 2.92. The topological polar surface area (TPSA) is 103 Å². The molecule has 0 atom stereocenters. The average Bonchev–Trinajstić information content (AvgIpc) is 2.97. The van der Waals surface area contributed by atoms with Gasteiger partial charge in [-0.2, -0.15) is 17.9 Å². The lowest BCUT2D eigenvalue weighted by molar-refractivity contribution is -0.389. The number of nitrogens with one attached hydrogen (secondary N) is 1. The molecule has 2 rings (SSSR count). The van der Waals surface area contributed by atoms with Crippen LogP contribution in [0.4, 0.5) is 24.1 Å². The maximum atomic E-state index is 12.3. The van der Waals surface area contributed by atoms with Crippen molar-refractivity contribution in [2.45, 2.75) is 12.7 Å². The third-order valence-electron chi connectivity index (χ3n) is 2.16. The van der Waals surface area contributed by atoms with Crippen LogP contribution in [-0.2, 0) is 17.5 Å². The smallest absolute Gasteiger partial charge is 0.358 e. The molecule has 0 radical (unpaired) electrons. The SMILES string of the molecule is O=C(Cn1ccc([N+](=O)[O-])n1)Nc1nc(C(F)(F)F)cs1. The molecular formula is C9H6F3N5O3S. The van der Waals surface area contributed by atoms with Crippen LogP contribution in [0.3, 0.4) is 0 Å². The quantitative estimate of drug-likeness (QED) is 0.684. The van der Waals surface area contributed by atoms with Crippen LogP contribution in [0, 0.1) is 10.1 Å². The monoisotopic (exact) mass is 321 g/mol. The number of rotatable bonds is 4. The minimum atomic E-state index is -4.58. The average molecular weight is 321 g/mol. The van der Waals surface area contributed by atoms with E-state index in [-0.39, 0.29) is 11.7 Å². The van der Waals surface area contributed by atoms with Crippen LogP contribution in [0.5, 0.6) is 0 Å². The van der Waals surface area contributed by atoms with E-state index in [9.17, 15) is 28.1 Å². The Morgan fingerprint density at radius 1 is 1.52 bits per heavy atom. The molecule has 0 aliphatic carbocycles. The molecule has 8 nitrogen and oxygen atoms in total. The van der Waals surface area contributed by atoms with Gasteiger partial charge in [0, 0.05) is 5.38 Å². The number of carbonyl (C=O) groups is 1. The molecule has 0 aliphatic rings. The maximum absolute atomic E-state index is 12.3. The summed E-state index contributed by atoms with van der Waals surface area (Å²) in [4.78, 5) is 24.5. The lowest BCUT2D eigenvalue weighted by Crippen LogP contribution is -2.19. The first-order chi connectivity index (χ1) is 9.75. The third kappa shape index (κ3) is 3.75. The van der Waals surface area contributed by atoms with E-state index < -0.39 is 28.5 Å². The molecule has 2 aromatic heterocycles. The Balaban J connectivity index is 1.98. The van der Waals surface area contributed by atoms with E-state index in [1.807, 2.05) is 0 Å². The highest BCUT2D eigenvalue weighted by atomic mass is 32.1. The van der Waals surface area contributed by atoms with Crippen molar-refractivity contribution in [3.05, 3.63) is 33.5 Å². The first-order valence-corrected chi connectivity index (χ1v) is 6.14. The van der Waals surface area contributed by atoms with Gasteiger partial charge >= 0.3 is 12.0 Å². The molecule has 112 valence electrons. The summed E-state index contributed by atoms with van der Waals surface area (Å²) < 4.78 is 37.9. The number of anilines is 1. The number of halogens is 3. The van der Waals surface area contributed by atoms with Gasteiger partial charge in [0.2, 0.25) is 5.91 Å². The van der Waals surface area contributed by atoms with Gasteiger partial charge in [0.15, 0.2) is 10.8 Å².